The van der Waals surface area contributed by atoms with E-state index in [1.54, 1.807) is 24.3 Å². The van der Waals surface area contributed by atoms with Crippen LogP contribution in [0.3, 0.4) is 0 Å². The highest BCUT2D eigenvalue weighted by atomic mass is 35.5. The van der Waals surface area contributed by atoms with Crippen LogP contribution in [0.15, 0.2) is 83.9 Å². The molecule has 0 bridgehead atoms. The number of morpholine rings is 1. The molecule has 2 heterocycles. The molecule has 3 aromatic rings. The van der Waals surface area contributed by atoms with Gasteiger partial charge in [-0.25, -0.2) is 9.79 Å². The summed E-state index contributed by atoms with van der Waals surface area (Å²) in [5, 5.41) is 16.0. The van der Waals surface area contributed by atoms with Crippen molar-refractivity contribution in [2.75, 3.05) is 51.3 Å². The van der Waals surface area contributed by atoms with Gasteiger partial charge in [0.1, 0.15) is 0 Å². The number of guanidine groups is 1. The number of amides is 2. The van der Waals surface area contributed by atoms with Crippen molar-refractivity contribution >= 4 is 35.0 Å². The van der Waals surface area contributed by atoms with Crippen molar-refractivity contribution < 1.29 is 9.53 Å². The number of benzene rings is 3. The molecule has 2 aliphatic rings. The van der Waals surface area contributed by atoms with Crippen LogP contribution in [-0.2, 0) is 11.3 Å². The van der Waals surface area contributed by atoms with E-state index in [-0.39, 0.29) is 12.1 Å². The average Bonchev–Trinajstić information content (AvgIpc) is 3.00. The van der Waals surface area contributed by atoms with E-state index in [2.05, 4.69) is 27.8 Å². The highest BCUT2D eigenvalue weighted by molar-refractivity contribution is 6.30. The third-order valence-electron chi connectivity index (χ3n) is 7.10. The van der Waals surface area contributed by atoms with Crippen LogP contribution in [0.5, 0.6) is 0 Å². The Kier molecular flexibility index (Phi) is 9.14. The van der Waals surface area contributed by atoms with E-state index in [1.165, 1.54) is 0 Å². The Hall–Kier alpha value is -4.10. The topological polar surface area (TPSA) is 96.2 Å². The lowest BCUT2D eigenvalue weighted by atomic mass is 10.0. The van der Waals surface area contributed by atoms with Gasteiger partial charge in [0.2, 0.25) is 5.96 Å². The first kappa shape index (κ1) is 27.5. The highest BCUT2D eigenvalue weighted by Crippen LogP contribution is 2.28. The minimum absolute atomic E-state index is 0.196. The predicted molar refractivity (Wildman–Crippen MR) is 156 cm³/mol. The lowest BCUT2D eigenvalue weighted by molar-refractivity contribution is 0.0342. The summed E-state index contributed by atoms with van der Waals surface area (Å²) in [4.78, 5) is 24.6. The molecule has 0 spiro atoms. The number of nitrogens with zero attached hydrogens (tertiary/aromatic N) is 5. The minimum atomic E-state index is -0.253. The minimum Gasteiger partial charge on any atom is -0.379 e. The number of carbonyl (C=O) groups excluding carboxylic acids is 1. The Labute approximate surface area is 239 Å². The fourth-order valence-corrected chi connectivity index (χ4v) is 5.13. The summed E-state index contributed by atoms with van der Waals surface area (Å²) in [5.74, 6) is 0.468. The third-order valence-corrected chi connectivity index (χ3v) is 7.36. The number of anilines is 1. The van der Waals surface area contributed by atoms with Crippen molar-refractivity contribution in [1.82, 2.24) is 20.0 Å². The zero-order chi connectivity index (χ0) is 27.7. The first-order valence-electron chi connectivity index (χ1n) is 13.4. The molecule has 1 unspecified atom stereocenters. The van der Waals surface area contributed by atoms with Gasteiger partial charge in [0.05, 0.1) is 24.9 Å². The summed E-state index contributed by atoms with van der Waals surface area (Å²) in [7, 11) is 0. The van der Waals surface area contributed by atoms with Crippen molar-refractivity contribution in [3.63, 3.8) is 0 Å². The third kappa shape index (κ3) is 6.90. The molecular weight excluding hydrogens is 526 g/mol. The van der Waals surface area contributed by atoms with Gasteiger partial charge in [0.25, 0.3) is 0 Å². The molecule has 2 aliphatic heterocycles. The quantitative estimate of drug-likeness (QED) is 0.202. The maximum Gasteiger partial charge on any atom is 0.322 e. The Balaban J connectivity index is 1.39. The van der Waals surface area contributed by atoms with Crippen LogP contribution < -0.4 is 10.6 Å². The van der Waals surface area contributed by atoms with E-state index in [0.717, 1.165) is 49.7 Å². The van der Waals surface area contributed by atoms with Crippen molar-refractivity contribution in [1.29, 1.82) is 5.26 Å². The fraction of sp³-hybridized carbons (Fsp3) is 0.300. The summed E-state index contributed by atoms with van der Waals surface area (Å²) in [5.41, 5.74) is 3.57. The molecule has 0 radical (unpaired) electrons. The van der Waals surface area contributed by atoms with Gasteiger partial charge in [-0.2, -0.15) is 5.26 Å². The number of para-hydroxylation sites is 1. The van der Waals surface area contributed by atoms with Gasteiger partial charge in [0.15, 0.2) is 6.19 Å². The number of ether oxygens (including phenoxy) is 1. The van der Waals surface area contributed by atoms with Gasteiger partial charge in [-0.1, -0.05) is 60.1 Å². The van der Waals surface area contributed by atoms with Crippen LogP contribution >= 0.6 is 11.6 Å². The van der Waals surface area contributed by atoms with E-state index >= 15 is 0 Å². The van der Waals surface area contributed by atoms with Crippen LogP contribution in [0, 0.1) is 11.5 Å². The zero-order valence-electron chi connectivity index (χ0n) is 22.2. The first-order chi connectivity index (χ1) is 19.6. The van der Waals surface area contributed by atoms with Gasteiger partial charge in [-0.15, -0.1) is 0 Å². The molecule has 9 nitrogen and oxygen atoms in total. The van der Waals surface area contributed by atoms with Gasteiger partial charge in [-0.05, 0) is 41.5 Å². The SMILES string of the molecule is N#CNC(=Nc1ccccc1CN1CCOCC1)N1CCN(C(=O)Nc2ccc(Cl)cc2)C(c2ccccc2)C1. The van der Waals surface area contributed by atoms with Gasteiger partial charge >= 0.3 is 6.03 Å². The van der Waals surface area contributed by atoms with E-state index in [4.69, 9.17) is 21.3 Å². The molecule has 0 saturated carbocycles. The standard InChI is InChI=1S/C30H32ClN7O2/c31-25-10-12-26(13-11-25)34-30(39)38-15-14-37(21-28(38)23-6-2-1-3-7-23)29(33-22-32)35-27-9-5-4-8-24(27)20-36-16-18-40-19-17-36/h1-13,28H,14-21H2,(H,33,35)(H,34,39). The second kappa shape index (κ2) is 13.3. The smallest absolute Gasteiger partial charge is 0.322 e. The van der Waals surface area contributed by atoms with Crippen molar-refractivity contribution in [2.45, 2.75) is 12.6 Å². The van der Waals surface area contributed by atoms with Gasteiger partial charge < -0.3 is 19.9 Å². The molecule has 1 atom stereocenters. The number of piperazine rings is 1. The van der Waals surface area contributed by atoms with E-state index < -0.39 is 0 Å². The molecule has 2 N–H and O–H groups in total. The molecule has 2 saturated heterocycles. The molecule has 10 heteroatoms. The highest BCUT2D eigenvalue weighted by Gasteiger charge is 2.33. The Bertz CT molecular complexity index is 1350. The van der Waals surface area contributed by atoms with Crippen LogP contribution in [0.25, 0.3) is 0 Å². The number of urea groups is 1. The first-order valence-corrected chi connectivity index (χ1v) is 13.7. The van der Waals surface area contributed by atoms with E-state index in [1.807, 2.05) is 58.3 Å². The second-order valence-corrected chi connectivity index (χ2v) is 10.1. The normalized spacial score (nSPS) is 18.2. The summed E-state index contributed by atoms with van der Waals surface area (Å²) >= 11 is 6.01. The maximum atomic E-state index is 13.4. The molecule has 3 aromatic carbocycles. The summed E-state index contributed by atoms with van der Waals surface area (Å²) in [6.45, 7) is 5.38. The number of aliphatic imine (C=N–C) groups is 1. The molecular formula is C30H32ClN7O2. The zero-order valence-corrected chi connectivity index (χ0v) is 22.9. The Morgan fingerprint density at radius 2 is 1.70 bits per heavy atom. The van der Waals surface area contributed by atoms with Gasteiger partial charge in [0, 0.05) is 50.0 Å². The van der Waals surface area contributed by atoms with Crippen molar-refractivity contribution in [3.05, 3.63) is 95.0 Å². The molecule has 2 fully saturated rings. The summed E-state index contributed by atoms with van der Waals surface area (Å²) in [6.07, 6.45) is 2.06. The van der Waals surface area contributed by atoms with Crippen LogP contribution in [0.4, 0.5) is 16.2 Å². The second-order valence-electron chi connectivity index (χ2n) is 9.69. The fourth-order valence-electron chi connectivity index (χ4n) is 5.00. The number of nitriles is 1. The monoisotopic (exact) mass is 557 g/mol. The molecule has 2 amide bonds. The number of rotatable bonds is 5. The van der Waals surface area contributed by atoms with E-state index in [0.29, 0.717) is 36.3 Å². The van der Waals surface area contributed by atoms with Gasteiger partial charge in [-0.3, -0.25) is 10.2 Å². The molecule has 0 aromatic heterocycles. The van der Waals surface area contributed by atoms with Crippen molar-refractivity contribution in [3.8, 4) is 6.19 Å². The molecule has 5 rings (SSSR count). The Morgan fingerprint density at radius 3 is 2.45 bits per heavy atom. The largest absolute Gasteiger partial charge is 0.379 e. The van der Waals surface area contributed by atoms with Crippen LogP contribution in [0.2, 0.25) is 5.02 Å². The number of halogens is 1. The molecule has 40 heavy (non-hydrogen) atoms. The maximum absolute atomic E-state index is 13.4. The van der Waals surface area contributed by atoms with Crippen molar-refractivity contribution in [2.24, 2.45) is 4.99 Å². The number of carbonyl (C=O) groups is 1. The Morgan fingerprint density at radius 1 is 0.975 bits per heavy atom. The summed E-state index contributed by atoms with van der Waals surface area (Å²) < 4.78 is 5.49. The number of hydrogen-bond acceptors (Lipinski definition) is 5. The van der Waals surface area contributed by atoms with Crippen LogP contribution in [-0.4, -0.2) is 72.6 Å². The number of hydrogen-bond donors (Lipinski definition) is 2. The average molecular weight is 558 g/mol. The van der Waals surface area contributed by atoms with Crippen LogP contribution in [0.1, 0.15) is 17.2 Å². The lowest BCUT2D eigenvalue weighted by Gasteiger charge is -2.42. The number of nitrogens with one attached hydrogen (secondary N) is 2. The van der Waals surface area contributed by atoms with E-state index in [9.17, 15) is 10.1 Å². The summed E-state index contributed by atoms with van der Waals surface area (Å²) in [6, 6.07) is 24.5. The molecule has 0 aliphatic carbocycles. The lowest BCUT2D eigenvalue weighted by Crippen LogP contribution is -2.55. The predicted octanol–water partition coefficient (Wildman–Crippen LogP) is 4.82. The molecule has 206 valence electrons.